The van der Waals surface area contributed by atoms with Gasteiger partial charge >= 0.3 is 0 Å². The van der Waals surface area contributed by atoms with E-state index in [2.05, 4.69) is 0 Å². The fourth-order valence-corrected chi connectivity index (χ4v) is 2.77. The molecule has 0 atom stereocenters. The van der Waals surface area contributed by atoms with E-state index in [1.54, 1.807) is 4.57 Å². The molecule has 0 bridgehead atoms. The summed E-state index contributed by atoms with van der Waals surface area (Å²) in [5.74, 6) is 0.139. The number of hydrogen-bond donors (Lipinski definition) is 0. The van der Waals surface area contributed by atoms with Crippen molar-refractivity contribution in [3.8, 4) is 0 Å². The molecule has 0 spiro atoms. The van der Waals surface area contributed by atoms with Crippen LogP contribution in [0.25, 0.3) is 21.8 Å². The molecule has 3 aromatic rings. The van der Waals surface area contributed by atoms with Crippen LogP contribution in [0.2, 0.25) is 0 Å². The Morgan fingerprint density at radius 3 is 2.33 bits per heavy atom. The Morgan fingerprint density at radius 1 is 0.905 bits per heavy atom. The summed E-state index contributed by atoms with van der Waals surface area (Å²) in [6.07, 6.45) is 0.896. The standard InChI is InChI=1S/C18H17NO2/c1-3-17(20)12-9-10-14-13-7-5-6-8-15(13)19(16(14)11-12)18(21)4-2/h5-11H,3-4H2,1-2H3. The first-order valence-corrected chi connectivity index (χ1v) is 7.27. The van der Waals surface area contributed by atoms with Gasteiger partial charge in [0.2, 0.25) is 5.91 Å². The van der Waals surface area contributed by atoms with E-state index in [0.717, 1.165) is 21.8 Å². The second-order valence-electron chi connectivity index (χ2n) is 5.11. The first-order valence-electron chi connectivity index (χ1n) is 7.27. The van der Waals surface area contributed by atoms with E-state index in [1.165, 1.54) is 0 Å². The van der Waals surface area contributed by atoms with Crippen LogP contribution in [-0.4, -0.2) is 16.3 Å². The van der Waals surface area contributed by atoms with Crippen LogP contribution in [0.5, 0.6) is 0 Å². The van der Waals surface area contributed by atoms with Crippen molar-refractivity contribution in [1.29, 1.82) is 0 Å². The first kappa shape index (κ1) is 13.6. The van der Waals surface area contributed by atoms with Crippen LogP contribution in [0.1, 0.15) is 41.8 Å². The summed E-state index contributed by atoms with van der Waals surface area (Å²) >= 11 is 0. The van der Waals surface area contributed by atoms with Gasteiger partial charge < -0.3 is 0 Å². The van der Waals surface area contributed by atoms with Crippen LogP contribution in [0.15, 0.2) is 42.5 Å². The third-order valence-corrected chi connectivity index (χ3v) is 3.87. The Bertz CT molecular complexity index is 858. The number of Topliss-reactive ketones (excluding diaryl/α,β-unsaturated/α-hetero) is 1. The van der Waals surface area contributed by atoms with Gasteiger partial charge in [-0.2, -0.15) is 0 Å². The summed E-state index contributed by atoms with van der Waals surface area (Å²) in [4.78, 5) is 24.3. The van der Waals surface area contributed by atoms with E-state index in [-0.39, 0.29) is 11.7 Å². The Kier molecular flexibility index (Phi) is 3.34. The van der Waals surface area contributed by atoms with Gasteiger partial charge in [0.25, 0.3) is 0 Å². The molecule has 0 aliphatic rings. The highest BCUT2D eigenvalue weighted by Crippen LogP contribution is 2.30. The molecule has 0 radical (unpaired) electrons. The average molecular weight is 279 g/mol. The Morgan fingerprint density at radius 2 is 1.62 bits per heavy atom. The Balaban J connectivity index is 2.41. The number of para-hydroxylation sites is 1. The monoisotopic (exact) mass is 279 g/mol. The van der Waals surface area contributed by atoms with Crippen LogP contribution in [-0.2, 0) is 0 Å². The lowest BCUT2D eigenvalue weighted by Gasteiger charge is -2.05. The lowest BCUT2D eigenvalue weighted by atomic mass is 10.1. The van der Waals surface area contributed by atoms with E-state index in [4.69, 9.17) is 0 Å². The number of carbonyl (C=O) groups excluding carboxylic acids is 2. The van der Waals surface area contributed by atoms with Gasteiger partial charge in [-0.05, 0) is 12.1 Å². The van der Waals surface area contributed by atoms with Crippen molar-refractivity contribution in [3.63, 3.8) is 0 Å². The van der Waals surface area contributed by atoms with Crippen molar-refractivity contribution in [2.75, 3.05) is 0 Å². The quantitative estimate of drug-likeness (QED) is 0.665. The number of carbonyl (C=O) groups is 2. The molecule has 2 aromatic carbocycles. The maximum absolute atomic E-state index is 12.3. The van der Waals surface area contributed by atoms with Crippen LogP contribution in [0.4, 0.5) is 0 Å². The smallest absolute Gasteiger partial charge is 0.231 e. The summed E-state index contributed by atoms with van der Waals surface area (Å²) in [7, 11) is 0. The molecule has 1 heterocycles. The zero-order valence-corrected chi connectivity index (χ0v) is 12.2. The molecule has 0 saturated carbocycles. The van der Waals surface area contributed by atoms with Crippen LogP contribution in [0.3, 0.4) is 0 Å². The van der Waals surface area contributed by atoms with Gasteiger partial charge in [-0.3, -0.25) is 14.2 Å². The topological polar surface area (TPSA) is 39.1 Å². The highest BCUT2D eigenvalue weighted by atomic mass is 16.2. The second kappa shape index (κ2) is 5.17. The number of ketones is 1. The molecule has 0 fully saturated rings. The van der Waals surface area contributed by atoms with E-state index >= 15 is 0 Å². The molecule has 0 aliphatic carbocycles. The molecule has 0 aliphatic heterocycles. The van der Waals surface area contributed by atoms with E-state index in [9.17, 15) is 9.59 Å². The highest BCUT2D eigenvalue weighted by molar-refractivity contribution is 6.14. The van der Waals surface area contributed by atoms with Crippen molar-refractivity contribution in [2.45, 2.75) is 26.7 Å². The highest BCUT2D eigenvalue weighted by Gasteiger charge is 2.16. The normalized spacial score (nSPS) is 11.1. The largest absolute Gasteiger partial charge is 0.294 e. The van der Waals surface area contributed by atoms with Gasteiger partial charge in [-0.15, -0.1) is 0 Å². The zero-order chi connectivity index (χ0) is 15.0. The molecule has 0 N–H and O–H groups in total. The summed E-state index contributed by atoms with van der Waals surface area (Å²) in [6, 6.07) is 13.5. The molecule has 3 nitrogen and oxygen atoms in total. The number of nitrogens with zero attached hydrogens (tertiary/aromatic N) is 1. The van der Waals surface area contributed by atoms with Gasteiger partial charge in [0.05, 0.1) is 11.0 Å². The summed E-state index contributed by atoms with van der Waals surface area (Å²) in [5, 5.41) is 2.06. The number of aromatic nitrogens is 1. The van der Waals surface area contributed by atoms with E-state index < -0.39 is 0 Å². The number of benzene rings is 2. The predicted octanol–water partition coefficient (Wildman–Crippen LogP) is 4.44. The Hall–Kier alpha value is -2.42. The van der Waals surface area contributed by atoms with E-state index in [0.29, 0.717) is 18.4 Å². The first-order chi connectivity index (χ1) is 10.2. The molecular formula is C18H17NO2. The fourth-order valence-electron chi connectivity index (χ4n) is 2.77. The zero-order valence-electron chi connectivity index (χ0n) is 12.2. The lowest BCUT2D eigenvalue weighted by Crippen LogP contribution is -2.08. The minimum Gasteiger partial charge on any atom is -0.294 e. The van der Waals surface area contributed by atoms with Gasteiger partial charge in [-0.25, -0.2) is 0 Å². The molecule has 21 heavy (non-hydrogen) atoms. The molecule has 1 aromatic heterocycles. The molecule has 3 heteroatoms. The SMILES string of the molecule is CCC(=O)c1ccc2c3ccccc3n(C(=O)CC)c2c1. The average Bonchev–Trinajstić information content (AvgIpc) is 2.87. The minimum atomic E-state index is 0.0438. The molecule has 3 rings (SSSR count). The van der Waals surface area contributed by atoms with Gasteiger partial charge in [0, 0.05) is 29.2 Å². The Labute approximate surface area is 123 Å². The van der Waals surface area contributed by atoms with Crippen LogP contribution in [0, 0.1) is 0 Å². The molecule has 0 saturated heterocycles. The minimum absolute atomic E-state index is 0.0438. The second-order valence-corrected chi connectivity index (χ2v) is 5.11. The van der Waals surface area contributed by atoms with Gasteiger partial charge in [0.15, 0.2) is 5.78 Å². The molecule has 0 amide bonds. The van der Waals surface area contributed by atoms with Crippen molar-refractivity contribution in [2.24, 2.45) is 0 Å². The maximum Gasteiger partial charge on any atom is 0.231 e. The fraction of sp³-hybridized carbons (Fsp3) is 0.222. The predicted molar refractivity (Wildman–Crippen MR) is 85.0 cm³/mol. The third kappa shape index (κ3) is 2.05. The lowest BCUT2D eigenvalue weighted by molar-refractivity contribution is 0.0917. The maximum atomic E-state index is 12.3. The van der Waals surface area contributed by atoms with Crippen molar-refractivity contribution in [1.82, 2.24) is 4.57 Å². The summed E-state index contributed by atoms with van der Waals surface area (Å²) < 4.78 is 1.73. The molecular weight excluding hydrogens is 262 g/mol. The van der Waals surface area contributed by atoms with Crippen molar-refractivity contribution >= 4 is 33.5 Å². The van der Waals surface area contributed by atoms with Gasteiger partial charge in [-0.1, -0.05) is 44.2 Å². The third-order valence-electron chi connectivity index (χ3n) is 3.87. The van der Waals surface area contributed by atoms with Gasteiger partial charge in [0.1, 0.15) is 0 Å². The molecule has 106 valence electrons. The van der Waals surface area contributed by atoms with Crippen molar-refractivity contribution < 1.29 is 9.59 Å². The number of rotatable bonds is 3. The summed E-state index contributed by atoms with van der Waals surface area (Å²) in [6.45, 7) is 3.70. The summed E-state index contributed by atoms with van der Waals surface area (Å²) in [5.41, 5.74) is 2.39. The van der Waals surface area contributed by atoms with Crippen LogP contribution < -0.4 is 0 Å². The van der Waals surface area contributed by atoms with Crippen LogP contribution >= 0.6 is 0 Å². The molecule has 0 unspecified atom stereocenters. The van der Waals surface area contributed by atoms with Crippen molar-refractivity contribution in [3.05, 3.63) is 48.0 Å². The number of hydrogen-bond acceptors (Lipinski definition) is 2. The van der Waals surface area contributed by atoms with E-state index in [1.807, 2.05) is 56.3 Å². The number of fused-ring (bicyclic) bond motifs is 3.